The van der Waals surface area contributed by atoms with Crippen LogP contribution in [0.25, 0.3) is 0 Å². The van der Waals surface area contributed by atoms with Gasteiger partial charge < -0.3 is 25.4 Å². The zero-order chi connectivity index (χ0) is 22.1. The van der Waals surface area contributed by atoms with Crippen molar-refractivity contribution >= 4 is 28.9 Å². The molecule has 0 fully saturated rings. The van der Waals surface area contributed by atoms with Gasteiger partial charge in [0.05, 0.1) is 25.9 Å². The van der Waals surface area contributed by atoms with E-state index in [1.165, 1.54) is 0 Å². The molecule has 7 heteroatoms. The number of nitrogens with one attached hydrogen (secondary N) is 3. The molecule has 160 valence electrons. The fourth-order valence-corrected chi connectivity index (χ4v) is 2.88. The van der Waals surface area contributed by atoms with E-state index in [2.05, 4.69) is 16.0 Å². The summed E-state index contributed by atoms with van der Waals surface area (Å²) in [5.41, 5.74) is 2.50. The van der Waals surface area contributed by atoms with Crippen LogP contribution < -0.4 is 25.4 Å². The molecule has 3 rings (SSSR count). The zero-order valence-electron chi connectivity index (χ0n) is 17.5. The van der Waals surface area contributed by atoms with Gasteiger partial charge >= 0.3 is 0 Å². The van der Waals surface area contributed by atoms with Crippen LogP contribution in [0.2, 0.25) is 0 Å². The maximum atomic E-state index is 12.4. The summed E-state index contributed by atoms with van der Waals surface area (Å²) in [6.45, 7) is 2.59. The number of ether oxygens (including phenoxy) is 2. The fraction of sp³-hybridized carbons (Fsp3) is 0.167. The zero-order valence-corrected chi connectivity index (χ0v) is 17.5. The Morgan fingerprint density at radius 2 is 1.48 bits per heavy atom. The van der Waals surface area contributed by atoms with Crippen molar-refractivity contribution in [1.82, 2.24) is 0 Å². The van der Waals surface area contributed by atoms with Crippen LogP contribution in [0.4, 0.5) is 17.1 Å². The van der Waals surface area contributed by atoms with E-state index in [0.717, 1.165) is 11.4 Å². The molecule has 0 saturated heterocycles. The van der Waals surface area contributed by atoms with Gasteiger partial charge in [0, 0.05) is 16.9 Å². The average Bonchev–Trinajstić information content (AvgIpc) is 2.80. The molecular weight excluding hydrogens is 394 g/mol. The average molecular weight is 419 g/mol. The van der Waals surface area contributed by atoms with Crippen molar-refractivity contribution in [2.75, 3.05) is 36.2 Å². The topological polar surface area (TPSA) is 88.7 Å². The smallest absolute Gasteiger partial charge is 0.255 e. The van der Waals surface area contributed by atoms with Gasteiger partial charge in [-0.05, 0) is 67.6 Å². The third-order valence-electron chi connectivity index (χ3n) is 4.40. The lowest BCUT2D eigenvalue weighted by Crippen LogP contribution is -2.22. The molecule has 0 spiro atoms. The summed E-state index contributed by atoms with van der Waals surface area (Å²) in [4.78, 5) is 24.6. The Hall–Kier alpha value is -4.00. The predicted octanol–water partition coefficient (Wildman–Crippen LogP) is 4.40. The quantitative estimate of drug-likeness (QED) is 0.479. The molecule has 0 unspecified atom stereocenters. The van der Waals surface area contributed by atoms with Crippen molar-refractivity contribution in [2.24, 2.45) is 0 Å². The minimum absolute atomic E-state index is 0.0837. The molecule has 31 heavy (non-hydrogen) atoms. The van der Waals surface area contributed by atoms with Crippen LogP contribution in [0.5, 0.6) is 11.5 Å². The highest BCUT2D eigenvalue weighted by Crippen LogP contribution is 2.22. The summed E-state index contributed by atoms with van der Waals surface area (Å²) in [7, 11) is 1.58. The van der Waals surface area contributed by atoms with Gasteiger partial charge in [-0.15, -0.1) is 0 Å². The van der Waals surface area contributed by atoms with E-state index in [1.54, 1.807) is 55.6 Å². The molecule has 0 bridgehead atoms. The van der Waals surface area contributed by atoms with Crippen molar-refractivity contribution < 1.29 is 19.1 Å². The molecule has 0 aliphatic heterocycles. The molecule has 0 aliphatic rings. The Morgan fingerprint density at radius 3 is 2.16 bits per heavy atom. The predicted molar refractivity (Wildman–Crippen MR) is 122 cm³/mol. The van der Waals surface area contributed by atoms with E-state index in [0.29, 0.717) is 29.3 Å². The van der Waals surface area contributed by atoms with Gasteiger partial charge in [0.25, 0.3) is 5.91 Å². The second-order valence-electron chi connectivity index (χ2n) is 6.59. The minimum atomic E-state index is -0.236. The van der Waals surface area contributed by atoms with Crippen molar-refractivity contribution in [2.45, 2.75) is 6.92 Å². The van der Waals surface area contributed by atoms with Crippen LogP contribution in [-0.2, 0) is 4.79 Å². The number of hydrogen-bond donors (Lipinski definition) is 3. The number of hydrogen-bond acceptors (Lipinski definition) is 5. The number of rotatable bonds is 9. The Kier molecular flexibility index (Phi) is 7.48. The maximum Gasteiger partial charge on any atom is 0.255 e. The lowest BCUT2D eigenvalue weighted by Gasteiger charge is -2.11. The SMILES string of the molecule is CCOc1ccc(NC(=O)c2ccc(NC(=O)CNc3ccccc3OC)cc2)cc1. The number of amides is 2. The Balaban J connectivity index is 1.52. The molecule has 0 aliphatic carbocycles. The van der Waals surface area contributed by atoms with Gasteiger partial charge in [-0.1, -0.05) is 12.1 Å². The summed E-state index contributed by atoms with van der Waals surface area (Å²) in [6.07, 6.45) is 0. The van der Waals surface area contributed by atoms with Gasteiger partial charge in [-0.2, -0.15) is 0 Å². The second-order valence-corrected chi connectivity index (χ2v) is 6.59. The van der Waals surface area contributed by atoms with E-state index in [9.17, 15) is 9.59 Å². The molecular formula is C24H25N3O4. The molecule has 2 amide bonds. The Labute approximate surface area is 181 Å². The first-order valence-electron chi connectivity index (χ1n) is 9.90. The van der Waals surface area contributed by atoms with Crippen LogP contribution in [0, 0.1) is 0 Å². The maximum absolute atomic E-state index is 12.4. The van der Waals surface area contributed by atoms with Gasteiger partial charge in [-0.25, -0.2) is 0 Å². The lowest BCUT2D eigenvalue weighted by atomic mass is 10.2. The van der Waals surface area contributed by atoms with Crippen LogP contribution >= 0.6 is 0 Å². The third-order valence-corrected chi connectivity index (χ3v) is 4.40. The van der Waals surface area contributed by atoms with Crippen molar-refractivity contribution in [1.29, 1.82) is 0 Å². The number of carbonyl (C=O) groups is 2. The lowest BCUT2D eigenvalue weighted by molar-refractivity contribution is -0.114. The first-order chi connectivity index (χ1) is 15.1. The summed E-state index contributed by atoms with van der Waals surface area (Å²) in [5, 5.41) is 8.67. The number of para-hydroxylation sites is 2. The number of methoxy groups -OCH3 is 1. The third kappa shape index (κ3) is 6.24. The van der Waals surface area contributed by atoms with Crippen molar-refractivity contribution in [3.8, 4) is 11.5 Å². The molecule has 3 N–H and O–H groups in total. The van der Waals surface area contributed by atoms with Gasteiger partial charge in [0.1, 0.15) is 11.5 Å². The fourth-order valence-electron chi connectivity index (χ4n) is 2.88. The van der Waals surface area contributed by atoms with Crippen LogP contribution in [0.1, 0.15) is 17.3 Å². The largest absolute Gasteiger partial charge is 0.495 e. The van der Waals surface area contributed by atoms with Gasteiger partial charge in [-0.3, -0.25) is 9.59 Å². The molecule has 0 radical (unpaired) electrons. The number of carbonyl (C=O) groups excluding carboxylic acids is 2. The number of anilines is 3. The Bertz CT molecular complexity index is 1020. The van der Waals surface area contributed by atoms with E-state index >= 15 is 0 Å². The highest BCUT2D eigenvalue weighted by molar-refractivity contribution is 6.04. The van der Waals surface area contributed by atoms with Crippen LogP contribution in [0.15, 0.2) is 72.8 Å². The highest BCUT2D eigenvalue weighted by Gasteiger charge is 2.08. The van der Waals surface area contributed by atoms with Crippen molar-refractivity contribution in [3.63, 3.8) is 0 Å². The van der Waals surface area contributed by atoms with Crippen molar-refractivity contribution in [3.05, 3.63) is 78.4 Å². The normalized spacial score (nSPS) is 10.1. The van der Waals surface area contributed by atoms with E-state index in [-0.39, 0.29) is 18.4 Å². The molecule has 3 aromatic carbocycles. The minimum Gasteiger partial charge on any atom is -0.495 e. The molecule has 0 aromatic heterocycles. The Morgan fingerprint density at radius 1 is 0.839 bits per heavy atom. The summed E-state index contributed by atoms with van der Waals surface area (Å²) < 4.78 is 10.6. The number of benzene rings is 3. The van der Waals surface area contributed by atoms with Gasteiger partial charge in [0.15, 0.2) is 0 Å². The standard InChI is InChI=1S/C24H25N3O4/c1-3-31-20-14-12-19(13-15-20)27-24(29)17-8-10-18(11-9-17)26-23(28)16-25-21-6-4-5-7-22(21)30-2/h4-15,25H,3,16H2,1-2H3,(H,26,28)(H,27,29). The summed E-state index contributed by atoms with van der Waals surface area (Å²) in [6, 6.07) is 21.2. The van der Waals surface area contributed by atoms with E-state index in [1.807, 2.05) is 31.2 Å². The van der Waals surface area contributed by atoms with Gasteiger partial charge in [0.2, 0.25) is 5.91 Å². The van der Waals surface area contributed by atoms with E-state index in [4.69, 9.17) is 9.47 Å². The first-order valence-corrected chi connectivity index (χ1v) is 9.90. The molecule has 0 atom stereocenters. The summed E-state index contributed by atoms with van der Waals surface area (Å²) >= 11 is 0. The highest BCUT2D eigenvalue weighted by atomic mass is 16.5. The first kappa shape index (κ1) is 21.7. The molecule has 3 aromatic rings. The van der Waals surface area contributed by atoms with E-state index < -0.39 is 0 Å². The summed E-state index contributed by atoms with van der Waals surface area (Å²) in [5.74, 6) is 0.969. The molecule has 0 saturated carbocycles. The van der Waals surface area contributed by atoms with Crippen LogP contribution in [-0.4, -0.2) is 32.1 Å². The second kappa shape index (κ2) is 10.7. The monoisotopic (exact) mass is 419 g/mol. The van der Waals surface area contributed by atoms with Crippen LogP contribution in [0.3, 0.4) is 0 Å². The molecule has 7 nitrogen and oxygen atoms in total. The molecule has 0 heterocycles.